The monoisotopic (exact) mass is 242 g/mol. The zero-order chi connectivity index (χ0) is 12.8. The number of nitrogens with zero attached hydrogens (tertiary/aromatic N) is 1. The summed E-state index contributed by atoms with van der Waals surface area (Å²) < 4.78 is 4.97. The van der Waals surface area contributed by atoms with Crippen LogP contribution in [0, 0.1) is 5.92 Å². The number of hydrogen-bond donors (Lipinski definition) is 1. The Hall–Kier alpha value is -1.10. The topological polar surface area (TPSA) is 58.6 Å². The molecular formula is C12H22N2O3. The summed E-state index contributed by atoms with van der Waals surface area (Å²) in [5.41, 5.74) is 0. The number of hydrogen-bond acceptors (Lipinski definition) is 4. The molecule has 0 aromatic rings. The number of rotatable bonds is 5. The second-order valence-corrected chi connectivity index (χ2v) is 4.60. The largest absolute Gasteiger partial charge is 0.466 e. The van der Waals surface area contributed by atoms with Gasteiger partial charge in [0, 0.05) is 32.6 Å². The van der Waals surface area contributed by atoms with Gasteiger partial charge in [0.05, 0.1) is 12.5 Å². The van der Waals surface area contributed by atoms with E-state index in [1.807, 2.05) is 13.8 Å². The summed E-state index contributed by atoms with van der Waals surface area (Å²) in [6, 6.07) is 0.224. The molecule has 0 saturated carbocycles. The third-order valence-electron chi connectivity index (χ3n) is 2.90. The lowest BCUT2D eigenvalue weighted by Gasteiger charge is -2.19. The van der Waals surface area contributed by atoms with Crippen LogP contribution in [0.5, 0.6) is 0 Å². The molecule has 17 heavy (non-hydrogen) atoms. The summed E-state index contributed by atoms with van der Waals surface area (Å²) in [5, 5.41) is 2.90. The summed E-state index contributed by atoms with van der Waals surface area (Å²) >= 11 is 0. The van der Waals surface area contributed by atoms with Crippen LogP contribution in [-0.2, 0) is 14.3 Å². The minimum absolute atomic E-state index is 0.00953. The van der Waals surface area contributed by atoms with Crippen molar-refractivity contribution in [2.24, 2.45) is 5.92 Å². The van der Waals surface area contributed by atoms with E-state index < -0.39 is 0 Å². The maximum Gasteiger partial charge on any atom is 0.309 e. The van der Waals surface area contributed by atoms with Gasteiger partial charge in [-0.05, 0) is 13.3 Å². The molecule has 1 rings (SSSR count). The fourth-order valence-electron chi connectivity index (χ4n) is 2.15. The fraction of sp³-hybridized carbons (Fsp3) is 0.833. The average Bonchev–Trinajstić information content (AvgIpc) is 2.64. The molecule has 0 bridgehead atoms. The summed E-state index contributed by atoms with van der Waals surface area (Å²) in [6.07, 6.45) is 0.953. The molecule has 2 unspecified atom stereocenters. The quantitative estimate of drug-likeness (QED) is 0.709. The van der Waals surface area contributed by atoms with E-state index >= 15 is 0 Å². The first-order valence-electron chi connectivity index (χ1n) is 6.19. The highest BCUT2D eigenvalue weighted by Crippen LogP contribution is 2.12. The first-order valence-corrected chi connectivity index (χ1v) is 6.19. The summed E-state index contributed by atoms with van der Waals surface area (Å²) in [6.45, 7) is 8.10. The van der Waals surface area contributed by atoms with Gasteiger partial charge in [-0.2, -0.15) is 0 Å². The van der Waals surface area contributed by atoms with Gasteiger partial charge < -0.3 is 15.0 Å². The standard InChI is InChI=1S/C12H22N2O3/c1-4-17-12(16)9(2)7-14-6-5-11(8-14)13-10(3)15/h9,11H,4-8H2,1-3H3,(H,13,15). The molecule has 1 saturated heterocycles. The van der Waals surface area contributed by atoms with Crippen LogP contribution in [0.25, 0.3) is 0 Å². The smallest absolute Gasteiger partial charge is 0.309 e. The van der Waals surface area contributed by atoms with Gasteiger partial charge in [-0.25, -0.2) is 0 Å². The third-order valence-corrected chi connectivity index (χ3v) is 2.90. The number of carbonyl (C=O) groups is 2. The van der Waals surface area contributed by atoms with Gasteiger partial charge in [0.2, 0.25) is 5.91 Å². The maximum atomic E-state index is 11.5. The van der Waals surface area contributed by atoms with E-state index in [9.17, 15) is 9.59 Å². The molecule has 1 aliphatic rings. The van der Waals surface area contributed by atoms with Gasteiger partial charge in [0.15, 0.2) is 0 Å². The molecule has 5 nitrogen and oxygen atoms in total. The second-order valence-electron chi connectivity index (χ2n) is 4.60. The van der Waals surface area contributed by atoms with Crippen molar-refractivity contribution in [1.29, 1.82) is 0 Å². The molecule has 1 heterocycles. The van der Waals surface area contributed by atoms with Gasteiger partial charge in [-0.3, -0.25) is 9.59 Å². The second kappa shape index (κ2) is 6.59. The van der Waals surface area contributed by atoms with Gasteiger partial charge >= 0.3 is 5.97 Å². The number of amides is 1. The molecule has 1 amide bonds. The van der Waals surface area contributed by atoms with Crippen molar-refractivity contribution in [3.05, 3.63) is 0 Å². The van der Waals surface area contributed by atoms with Gasteiger partial charge in [-0.1, -0.05) is 6.92 Å². The highest BCUT2D eigenvalue weighted by molar-refractivity contribution is 5.73. The van der Waals surface area contributed by atoms with E-state index in [-0.39, 0.29) is 23.8 Å². The van der Waals surface area contributed by atoms with E-state index in [1.54, 1.807) is 0 Å². The molecule has 0 aliphatic carbocycles. The normalized spacial score (nSPS) is 22.2. The van der Waals surface area contributed by atoms with Crippen LogP contribution in [-0.4, -0.2) is 49.1 Å². The van der Waals surface area contributed by atoms with Crippen molar-refractivity contribution in [3.63, 3.8) is 0 Å². The van der Waals surface area contributed by atoms with Crippen LogP contribution >= 0.6 is 0 Å². The highest BCUT2D eigenvalue weighted by atomic mass is 16.5. The van der Waals surface area contributed by atoms with Crippen LogP contribution in [0.1, 0.15) is 27.2 Å². The summed E-state index contributed by atoms with van der Waals surface area (Å²) in [7, 11) is 0. The molecule has 2 atom stereocenters. The first kappa shape index (κ1) is 14.0. The van der Waals surface area contributed by atoms with Gasteiger partial charge in [0.1, 0.15) is 0 Å². The molecule has 1 N–H and O–H groups in total. The highest BCUT2D eigenvalue weighted by Gasteiger charge is 2.26. The third kappa shape index (κ3) is 4.73. The molecule has 0 aromatic heterocycles. The van der Waals surface area contributed by atoms with Crippen LogP contribution in [0.3, 0.4) is 0 Å². The van der Waals surface area contributed by atoms with E-state index in [4.69, 9.17) is 4.74 Å². The van der Waals surface area contributed by atoms with Crippen molar-refractivity contribution >= 4 is 11.9 Å². The Bertz CT molecular complexity index is 281. The number of nitrogens with one attached hydrogen (secondary N) is 1. The lowest BCUT2D eigenvalue weighted by molar-refractivity contribution is -0.148. The van der Waals surface area contributed by atoms with Crippen molar-refractivity contribution < 1.29 is 14.3 Å². The van der Waals surface area contributed by atoms with E-state index in [1.165, 1.54) is 6.92 Å². The minimum atomic E-state index is -0.143. The molecular weight excluding hydrogens is 220 g/mol. The predicted octanol–water partition coefficient (Wildman–Crippen LogP) is 0.396. The molecule has 1 aliphatic heterocycles. The maximum absolute atomic E-state index is 11.5. The van der Waals surface area contributed by atoms with Gasteiger partial charge in [0.25, 0.3) is 0 Å². The number of carbonyl (C=O) groups excluding carboxylic acids is 2. The molecule has 1 fully saturated rings. The molecule has 98 valence electrons. The zero-order valence-electron chi connectivity index (χ0n) is 10.9. The lowest BCUT2D eigenvalue weighted by atomic mass is 10.2. The fourth-order valence-corrected chi connectivity index (χ4v) is 2.15. The van der Waals surface area contributed by atoms with Crippen molar-refractivity contribution in [3.8, 4) is 0 Å². The minimum Gasteiger partial charge on any atom is -0.466 e. The zero-order valence-corrected chi connectivity index (χ0v) is 10.9. The number of esters is 1. The predicted molar refractivity (Wildman–Crippen MR) is 64.5 cm³/mol. The molecule has 0 spiro atoms. The van der Waals surface area contributed by atoms with Crippen molar-refractivity contribution in [1.82, 2.24) is 10.2 Å². The van der Waals surface area contributed by atoms with E-state index in [0.717, 1.165) is 19.5 Å². The Kier molecular flexibility index (Phi) is 5.41. The Balaban J connectivity index is 2.29. The Morgan fingerprint density at radius 3 is 2.82 bits per heavy atom. The van der Waals surface area contributed by atoms with Crippen LogP contribution in [0.2, 0.25) is 0 Å². The number of likely N-dealkylation sites (tertiary alicyclic amines) is 1. The van der Waals surface area contributed by atoms with E-state index in [0.29, 0.717) is 13.2 Å². The SMILES string of the molecule is CCOC(=O)C(C)CN1CCC(NC(C)=O)C1. The summed E-state index contributed by atoms with van der Waals surface area (Å²) in [4.78, 5) is 24.6. The summed E-state index contributed by atoms with van der Waals surface area (Å²) in [5.74, 6) is -0.239. The van der Waals surface area contributed by atoms with E-state index in [2.05, 4.69) is 10.2 Å². The molecule has 5 heteroatoms. The average molecular weight is 242 g/mol. The molecule has 0 aromatic carbocycles. The van der Waals surface area contributed by atoms with Crippen molar-refractivity contribution in [2.75, 3.05) is 26.2 Å². The Morgan fingerprint density at radius 1 is 1.53 bits per heavy atom. The Morgan fingerprint density at radius 2 is 2.24 bits per heavy atom. The van der Waals surface area contributed by atoms with Crippen LogP contribution in [0.15, 0.2) is 0 Å². The lowest BCUT2D eigenvalue weighted by Crippen LogP contribution is -2.37. The van der Waals surface area contributed by atoms with Crippen molar-refractivity contribution in [2.45, 2.75) is 33.2 Å². The molecule has 0 radical (unpaired) electrons. The van der Waals surface area contributed by atoms with Gasteiger partial charge in [-0.15, -0.1) is 0 Å². The number of ether oxygens (including phenoxy) is 1. The first-order chi connectivity index (χ1) is 8.02. The Labute approximate surface area is 102 Å². The van der Waals surface area contributed by atoms with Crippen LogP contribution in [0.4, 0.5) is 0 Å². The van der Waals surface area contributed by atoms with Crippen LogP contribution < -0.4 is 5.32 Å².